The molecule has 0 heterocycles. The molecule has 0 bridgehead atoms. The van der Waals surface area contributed by atoms with Crippen LogP contribution in [0.25, 0.3) is 0 Å². The minimum absolute atomic E-state index is 0. The third-order valence-corrected chi connectivity index (χ3v) is 0.470. The zero-order chi connectivity index (χ0) is 5.15. The molecule has 0 aromatic rings. The summed E-state index contributed by atoms with van der Waals surface area (Å²) in [6, 6.07) is -0.537. The van der Waals surface area contributed by atoms with Gasteiger partial charge in [0.2, 0.25) is 0 Å². The van der Waals surface area contributed by atoms with Gasteiger partial charge in [0.05, 0.1) is 6.04 Å². The molecule has 0 aromatic carbocycles. The van der Waals surface area contributed by atoms with Crippen molar-refractivity contribution >= 4 is 0 Å². The predicted octanol–water partition coefficient (Wildman–Crippen LogP) is -2.84. The second kappa shape index (κ2) is 10.7. The fourth-order valence-corrected chi connectivity index (χ4v) is 0. The molecule has 0 saturated heterocycles. The first-order valence-corrected chi connectivity index (χ1v) is 1.76. The lowest BCUT2D eigenvalue weighted by Gasteiger charge is -2.03. The topological polar surface area (TPSA) is 164 Å². The van der Waals surface area contributed by atoms with Gasteiger partial charge in [-0.1, -0.05) is 0 Å². The van der Waals surface area contributed by atoms with Crippen LogP contribution in [0, 0.1) is 0 Å². The Balaban J connectivity index is -0.0000000417. The van der Waals surface area contributed by atoms with Crippen LogP contribution < -0.4 is 11.9 Å². The zero-order valence-corrected chi connectivity index (χ0v) is 5.33. The number of hydrogen-bond donors (Lipinski definition) is 4. The average Bonchev–Trinajstić information content (AvgIpc) is 1.36. The van der Waals surface area contributed by atoms with Crippen molar-refractivity contribution in [2.75, 3.05) is 0 Å². The van der Waals surface area contributed by atoms with Gasteiger partial charge in [-0.25, -0.2) is 0 Å². The van der Waals surface area contributed by atoms with E-state index in [1.807, 2.05) is 0 Å². The lowest BCUT2D eigenvalue weighted by atomic mass is 10.4. The molecule has 0 rings (SSSR count). The summed E-state index contributed by atoms with van der Waals surface area (Å²) < 4.78 is 0. The Kier molecular flexibility index (Phi) is 27.6. The second-order valence-electron chi connectivity index (χ2n) is 1.27. The monoisotopic (exact) mass is 144 g/mol. The number of aliphatic hydroxyl groups excluding tert-OH is 1. The van der Waals surface area contributed by atoms with Crippen molar-refractivity contribution in [1.29, 1.82) is 0 Å². The third-order valence-electron chi connectivity index (χ3n) is 0.470. The van der Waals surface area contributed by atoms with Gasteiger partial charge in [-0.3, -0.25) is 0 Å². The van der Waals surface area contributed by atoms with Gasteiger partial charge in [0.1, 0.15) is 0 Å². The maximum Gasteiger partial charge on any atom is 0.166 e. The van der Waals surface area contributed by atoms with Crippen LogP contribution in [0.3, 0.4) is 0 Å². The fraction of sp³-hybridized carbons (Fsp3) is 1.00. The van der Waals surface area contributed by atoms with Gasteiger partial charge in [-0.2, -0.15) is 0 Å². The lowest BCUT2D eigenvalue weighted by molar-refractivity contribution is -0.0538. The molecule has 6 nitrogen and oxygen atoms in total. The summed E-state index contributed by atoms with van der Waals surface area (Å²) in [7, 11) is 0. The minimum Gasteiger partial charge on any atom is -0.412 e. The first-order valence-electron chi connectivity index (χ1n) is 1.76. The SMILES string of the molecule is CC(N)C(O)O.N.O.O. The van der Waals surface area contributed by atoms with Gasteiger partial charge in [0, 0.05) is 0 Å². The molecule has 0 aliphatic rings. The van der Waals surface area contributed by atoms with Crippen molar-refractivity contribution in [3.63, 3.8) is 0 Å². The van der Waals surface area contributed by atoms with Gasteiger partial charge < -0.3 is 33.0 Å². The molecule has 0 amide bonds. The summed E-state index contributed by atoms with van der Waals surface area (Å²) in [6.45, 7) is 1.52. The van der Waals surface area contributed by atoms with E-state index < -0.39 is 12.3 Å². The van der Waals surface area contributed by atoms with Crippen molar-refractivity contribution in [2.45, 2.75) is 19.3 Å². The molecular weight excluding hydrogens is 128 g/mol. The molecule has 9 heavy (non-hydrogen) atoms. The zero-order valence-electron chi connectivity index (χ0n) is 5.33. The maximum absolute atomic E-state index is 8.06. The van der Waals surface area contributed by atoms with E-state index in [9.17, 15) is 0 Å². The summed E-state index contributed by atoms with van der Waals surface area (Å²) in [4.78, 5) is 0. The van der Waals surface area contributed by atoms with Crippen molar-refractivity contribution in [3.8, 4) is 0 Å². The van der Waals surface area contributed by atoms with E-state index in [2.05, 4.69) is 0 Å². The van der Waals surface area contributed by atoms with E-state index in [4.69, 9.17) is 15.9 Å². The Labute approximate surface area is 53.5 Å². The van der Waals surface area contributed by atoms with Crippen LogP contribution >= 0.6 is 0 Å². The van der Waals surface area contributed by atoms with Gasteiger partial charge in [0.15, 0.2) is 6.29 Å². The Morgan fingerprint density at radius 2 is 1.33 bits per heavy atom. The summed E-state index contributed by atoms with van der Waals surface area (Å²) in [6.07, 6.45) is -1.37. The number of hydrogen-bond acceptors (Lipinski definition) is 4. The second-order valence-corrected chi connectivity index (χ2v) is 1.27. The maximum atomic E-state index is 8.06. The normalized spacial score (nSPS) is 10.3. The highest BCUT2D eigenvalue weighted by molar-refractivity contribution is 4.50. The molecule has 1 atom stereocenters. The van der Waals surface area contributed by atoms with Crippen LogP contribution in [0.15, 0.2) is 0 Å². The third kappa shape index (κ3) is 18.2. The molecule has 0 spiro atoms. The van der Waals surface area contributed by atoms with Crippen LogP contribution in [0.4, 0.5) is 0 Å². The molecule has 1 unspecified atom stereocenters. The highest BCUT2D eigenvalue weighted by Crippen LogP contribution is 1.77. The molecule has 0 fully saturated rings. The summed E-state index contributed by atoms with van der Waals surface area (Å²) in [5.74, 6) is 0. The fourth-order valence-electron chi connectivity index (χ4n) is 0. The van der Waals surface area contributed by atoms with Gasteiger partial charge in [0.25, 0.3) is 0 Å². The van der Waals surface area contributed by atoms with E-state index in [-0.39, 0.29) is 17.1 Å². The number of aliphatic hydroxyl groups is 2. The molecule has 0 aromatic heterocycles. The first kappa shape index (κ1) is 23.3. The lowest BCUT2D eigenvalue weighted by Crippen LogP contribution is -2.30. The van der Waals surface area contributed by atoms with Gasteiger partial charge >= 0.3 is 0 Å². The molecule has 0 aliphatic heterocycles. The summed E-state index contributed by atoms with van der Waals surface area (Å²) >= 11 is 0. The quantitative estimate of drug-likeness (QED) is 0.291. The van der Waals surface area contributed by atoms with Crippen molar-refractivity contribution < 1.29 is 21.2 Å². The molecule has 62 valence electrons. The van der Waals surface area contributed by atoms with Gasteiger partial charge in [-0.15, -0.1) is 0 Å². The number of nitrogens with two attached hydrogens (primary N) is 1. The first-order chi connectivity index (χ1) is 2.64. The van der Waals surface area contributed by atoms with Gasteiger partial charge in [-0.05, 0) is 6.92 Å². The van der Waals surface area contributed by atoms with Crippen molar-refractivity contribution in [3.05, 3.63) is 0 Å². The van der Waals surface area contributed by atoms with E-state index in [1.165, 1.54) is 6.92 Å². The van der Waals surface area contributed by atoms with E-state index in [0.29, 0.717) is 0 Å². The molecule has 0 radical (unpaired) electrons. The number of rotatable bonds is 1. The Bertz CT molecular complexity index is 34.8. The molecule has 0 saturated carbocycles. The smallest absolute Gasteiger partial charge is 0.166 e. The molecular formula is C3H16N2O4. The Morgan fingerprint density at radius 3 is 1.33 bits per heavy atom. The minimum atomic E-state index is -1.37. The van der Waals surface area contributed by atoms with Crippen LogP contribution in [0.1, 0.15) is 6.92 Å². The Morgan fingerprint density at radius 1 is 1.22 bits per heavy atom. The highest BCUT2D eigenvalue weighted by atomic mass is 16.5. The van der Waals surface area contributed by atoms with Crippen molar-refractivity contribution in [1.82, 2.24) is 6.15 Å². The van der Waals surface area contributed by atoms with Crippen LogP contribution in [-0.2, 0) is 0 Å². The van der Waals surface area contributed by atoms with E-state index >= 15 is 0 Å². The van der Waals surface area contributed by atoms with Crippen LogP contribution in [-0.4, -0.2) is 33.5 Å². The summed E-state index contributed by atoms with van der Waals surface area (Å²) in [5.41, 5.74) is 4.94. The predicted molar refractivity (Wildman–Crippen MR) is 34.1 cm³/mol. The highest BCUT2D eigenvalue weighted by Gasteiger charge is 2.00. The van der Waals surface area contributed by atoms with Crippen molar-refractivity contribution in [2.24, 2.45) is 5.73 Å². The molecule has 0 aliphatic carbocycles. The summed E-state index contributed by atoms with van der Waals surface area (Å²) in [5, 5.41) is 16.1. The standard InChI is InChI=1S/C3H9NO2.H3N.2H2O/c1-2(4)3(5)6;;;/h2-3,5-6H,4H2,1H3;1H3;2*1H2. The largest absolute Gasteiger partial charge is 0.412 e. The molecule has 11 N–H and O–H groups in total. The molecule has 6 heteroatoms. The van der Waals surface area contributed by atoms with E-state index in [1.54, 1.807) is 0 Å². The van der Waals surface area contributed by atoms with Crippen LogP contribution in [0.2, 0.25) is 0 Å². The average molecular weight is 144 g/mol. The van der Waals surface area contributed by atoms with Crippen LogP contribution in [0.5, 0.6) is 0 Å². The Hall–Kier alpha value is -0.240. The van der Waals surface area contributed by atoms with E-state index in [0.717, 1.165) is 0 Å².